The number of ether oxygens (including phenoxy) is 1. The third-order valence-corrected chi connectivity index (χ3v) is 6.72. The van der Waals surface area contributed by atoms with Crippen LogP contribution in [0.5, 0.6) is 0 Å². The molecule has 5 rings (SSSR count). The van der Waals surface area contributed by atoms with Gasteiger partial charge in [-0.15, -0.1) is 0 Å². The molecule has 8 nitrogen and oxygen atoms in total. The third-order valence-electron chi connectivity index (χ3n) is 6.72. The SMILES string of the molecule is NC(=O)c1cccc2c(NCc3cccc(CC(=O)c4ccc(N5CCOCC5)c(C(F)(F)F)c4)c3)ncnc12. The first-order chi connectivity index (χ1) is 19.2. The lowest BCUT2D eigenvalue weighted by Crippen LogP contribution is -2.37. The molecule has 1 aliphatic heterocycles. The normalized spacial score (nSPS) is 13.8. The van der Waals surface area contributed by atoms with Crippen LogP contribution >= 0.6 is 0 Å². The number of morpholine rings is 1. The molecule has 11 heteroatoms. The maximum absolute atomic E-state index is 13.9. The summed E-state index contributed by atoms with van der Waals surface area (Å²) in [7, 11) is 0. The number of halogens is 3. The maximum atomic E-state index is 13.9. The fraction of sp³-hybridized carbons (Fsp3) is 0.241. The van der Waals surface area contributed by atoms with Crippen LogP contribution in [0, 0.1) is 0 Å². The highest BCUT2D eigenvalue weighted by molar-refractivity contribution is 6.06. The topological polar surface area (TPSA) is 110 Å². The standard InChI is InChI=1S/C29H26F3N5O3/c30-29(31,32)23-15-20(7-8-24(23)37-9-11-40-12-10-37)25(38)14-18-3-1-4-19(13-18)16-34-28-22-6-2-5-21(27(33)39)26(22)35-17-36-28/h1-8,13,15,17H,9-12,14,16H2,(H2,33,39)(H,34,35,36). The average Bonchev–Trinajstić information content (AvgIpc) is 2.95. The van der Waals surface area contributed by atoms with Gasteiger partial charge in [-0.3, -0.25) is 9.59 Å². The number of nitrogens with zero attached hydrogens (tertiary/aromatic N) is 3. The molecule has 0 saturated carbocycles. The fourth-order valence-corrected chi connectivity index (χ4v) is 4.77. The van der Waals surface area contributed by atoms with Gasteiger partial charge in [-0.2, -0.15) is 13.2 Å². The van der Waals surface area contributed by atoms with Crippen LogP contribution in [-0.4, -0.2) is 48.0 Å². The molecule has 1 aromatic heterocycles. The van der Waals surface area contributed by atoms with E-state index in [1.807, 2.05) is 12.1 Å². The molecule has 4 aromatic rings. The molecule has 0 bridgehead atoms. The van der Waals surface area contributed by atoms with Gasteiger partial charge in [-0.1, -0.05) is 30.3 Å². The Bertz CT molecular complexity index is 1570. The van der Waals surface area contributed by atoms with E-state index < -0.39 is 23.4 Å². The zero-order valence-electron chi connectivity index (χ0n) is 21.4. The minimum absolute atomic E-state index is 0.00516. The fourth-order valence-electron chi connectivity index (χ4n) is 4.77. The molecule has 2 heterocycles. The van der Waals surface area contributed by atoms with Gasteiger partial charge in [0.1, 0.15) is 12.1 Å². The van der Waals surface area contributed by atoms with Gasteiger partial charge in [-0.05, 0) is 41.5 Å². The molecule has 3 aromatic carbocycles. The molecule has 0 unspecified atom stereocenters. The number of Topliss-reactive ketones (excluding diaryl/α,β-unsaturated/α-hetero) is 1. The molecule has 0 spiro atoms. The molecular formula is C29H26F3N5O3. The van der Waals surface area contributed by atoms with Crippen molar-refractivity contribution < 1.29 is 27.5 Å². The second-order valence-corrected chi connectivity index (χ2v) is 9.39. The van der Waals surface area contributed by atoms with Crippen molar-refractivity contribution in [2.45, 2.75) is 19.1 Å². The Morgan fingerprint density at radius 2 is 1.73 bits per heavy atom. The Balaban J connectivity index is 1.32. The summed E-state index contributed by atoms with van der Waals surface area (Å²) in [6.07, 6.45) is -3.31. The van der Waals surface area contributed by atoms with Crippen LogP contribution in [0.1, 0.15) is 37.4 Å². The van der Waals surface area contributed by atoms with Crippen molar-refractivity contribution in [1.82, 2.24) is 9.97 Å². The molecule has 206 valence electrons. The summed E-state index contributed by atoms with van der Waals surface area (Å²) in [5.74, 6) is -0.495. The summed E-state index contributed by atoms with van der Waals surface area (Å²) in [5.41, 5.74) is 6.91. The number of nitrogens with two attached hydrogens (primary N) is 1. The number of hydrogen-bond donors (Lipinski definition) is 2. The zero-order chi connectivity index (χ0) is 28.3. The Hall–Kier alpha value is -4.51. The lowest BCUT2D eigenvalue weighted by atomic mass is 9.98. The van der Waals surface area contributed by atoms with Crippen molar-refractivity contribution in [2.24, 2.45) is 5.73 Å². The van der Waals surface area contributed by atoms with Crippen molar-refractivity contribution in [3.05, 3.63) is 94.8 Å². The summed E-state index contributed by atoms with van der Waals surface area (Å²) >= 11 is 0. The van der Waals surface area contributed by atoms with Gasteiger partial charge in [0.2, 0.25) is 0 Å². The van der Waals surface area contributed by atoms with Crippen molar-refractivity contribution in [3.63, 3.8) is 0 Å². The van der Waals surface area contributed by atoms with Crippen LogP contribution in [-0.2, 0) is 23.9 Å². The number of benzene rings is 3. The van der Waals surface area contributed by atoms with E-state index in [9.17, 15) is 22.8 Å². The maximum Gasteiger partial charge on any atom is 0.418 e. The Morgan fingerprint density at radius 3 is 2.48 bits per heavy atom. The predicted molar refractivity (Wildman–Crippen MR) is 144 cm³/mol. The second kappa shape index (κ2) is 11.3. The van der Waals surface area contributed by atoms with Crippen molar-refractivity contribution in [2.75, 3.05) is 36.5 Å². The van der Waals surface area contributed by atoms with Gasteiger partial charge in [-0.25, -0.2) is 9.97 Å². The van der Waals surface area contributed by atoms with Crippen LogP contribution < -0.4 is 16.0 Å². The summed E-state index contributed by atoms with van der Waals surface area (Å²) in [5, 5.41) is 3.85. The van der Waals surface area contributed by atoms with Crippen LogP contribution in [0.2, 0.25) is 0 Å². The number of alkyl halides is 3. The molecular weight excluding hydrogens is 523 g/mol. The number of ketones is 1. The van der Waals surface area contributed by atoms with E-state index in [0.717, 1.165) is 11.6 Å². The second-order valence-electron chi connectivity index (χ2n) is 9.39. The van der Waals surface area contributed by atoms with Crippen LogP contribution in [0.15, 0.2) is 67.0 Å². The molecule has 1 aliphatic rings. The van der Waals surface area contributed by atoms with Gasteiger partial charge in [0.15, 0.2) is 5.78 Å². The Labute approximate surface area is 228 Å². The van der Waals surface area contributed by atoms with E-state index in [2.05, 4.69) is 15.3 Å². The Kier molecular flexibility index (Phi) is 7.65. The number of hydrogen-bond acceptors (Lipinski definition) is 7. The molecule has 1 amide bonds. The summed E-state index contributed by atoms with van der Waals surface area (Å²) in [4.78, 5) is 34.9. The van der Waals surface area contributed by atoms with Gasteiger partial charge in [0.05, 0.1) is 29.9 Å². The van der Waals surface area contributed by atoms with Crippen LogP contribution in [0.25, 0.3) is 10.9 Å². The van der Waals surface area contributed by atoms with Gasteiger partial charge in [0.25, 0.3) is 5.91 Å². The number of fused-ring (bicyclic) bond motifs is 1. The monoisotopic (exact) mass is 549 g/mol. The average molecular weight is 550 g/mol. The molecule has 40 heavy (non-hydrogen) atoms. The highest BCUT2D eigenvalue weighted by Gasteiger charge is 2.36. The minimum Gasteiger partial charge on any atom is -0.378 e. The van der Waals surface area contributed by atoms with Crippen molar-refractivity contribution >= 4 is 34.1 Å². The predicted octanol–water partition coefficient (Wildman–Crippen LogP) is 4.62. The first kappa shape index (κ1) is 27.1. The lowest BCUT2D eigenvalue weighted by Gasteiger charge is -2.31. The van der Waals surface area contributed by atoms with Crippen molar-refractivity contribution in [1.29, 1.82) is 0 Å². The first-order valence-corrected chi connectivity index (χ1v) is 12.6. The van der Waals surface area contributed by atoms with Gasteiger partial charge < -0.3 is 20.7 Å². The Morgan fingerprint density at radius 1 is 0.975 bits per heavy atom. The molecule has 1 saturated heterocycles. The molecule has 1 fully saturated rings. The molecule has 0 aliphatic carbocycles. The number of aromatic nitrogens is 2. The summed E-state index contributed by atoms with van der Waals surface area (Å²) in [6.45, 7) is 1.76. The number of nitrogens with one attached hydrogen (secondary N) is 1. The zero-order valence-corrected chi connectivity index (χ0v) is 21.4. The number of carbonyl (C=O) groups excluding carboxylic acids is 2. The van der Waals surface area contributed by atoms with E-state index in [1.165, 1.54) is 18.5 Å². The number of amides is 1. The van der Waals surface area contributed by atoms with Gasteiger partial charge in [0, 0.05) is 42.7 Å². The largest absolute Gasteiger partial charge is 0.418 e. The lowest BCUT2D eigenvalue weighted by molar-refractivity contribution is -0.137. The summed E-state index contributed by atoms with van der Waals surface area (Å²) < 4.78 is 47.0. The number of primary amides is 1. The van der Waals surface area contributed by atoms with E-state index in [0.29, 0.717) is 55.1 Å². The minimum atomic E-state index is -4.60. The molecule has 0 radical (unpaired) electrons. The summed E-state index contributed by atoms with van der Waals surface area (Å²) in [6, 6.07) is 16.0. The quantitative estimate of drug-likeness (QED) is 0.309. The molecule has 3 N–H and O–H groups in total. The number of anilines is 2. The number of carbonyl (C=O) groups is 2. The number of rotatable bonds is 8. The highest BCUT2D eigenvalue weighted by Crippen LogP contribution is 2.38. The van der Waals surface area contributed by atoms with E-state index >= 15 is 0 Å². The smallest absolute Gasteiger partial charge is 0.378 e. The van der Waals surface area contributed by atoms with E-state index in [1.54, 1.807) is 35.2 Å². The number of para-hydroxylation sites is 1. The van der Waals surface area contributed by atoms with Gasteiger partial charge >= 0.3 is 6.18 Å². The van der Waals surface area contributed by atoms with Crippen LogP contribution in [0.3, 0.4) is 0 Å². The third kappa shape index (κ3) is 5.89. The first-order valence-electron chi connectivity index (χ1n) is 12.6. The highest BCUT2D eigenvalue weighted by atomic mass is 19.4. The van der Waals surface area contributed by atoms with E-state index in [4.69, 9.17) is 10.5 Å². The van der Waals surface area contributed by atoms with Crippen molar-refractivity contribution in [3.8, 4) is 0 Å². The van der Waals surface area contributed by atoms with Crippen LogP contribution in [0.4, 0.5) is 24.7 Å². The molecule has 0 atom stereocenters. The van der Waals surface area contributed by atoms with E-state index in [-0.39, 0.29) is 23.2 Å².